The molecule has 8 heteroatoms. The van der Waals surface area contributed by atoms with E-state index >= 15 is 0 Å². The Hall–Kier alpha value is -2.79. The second kappa shape index (κ2) is 6.98. The van der Waals surface area contributed by atoms with Crippen molar-refractivity contribution >= 4 is 5.91 Å². The molecule has 1 fully saturated rings. The third-order valence-corrected chi connectivity index (χ3v) is 3.90. The van der Waals surface area contributed by atoms with Crippen LogP contribution in [0.2, 0.25) is 0 Å². The van der Waals surface area contributed by atoms with Gasteiger partial charge in [0.15, 0.2) is 0 Å². The van der Waals surface area contributed by atoms with E-state index in [2.05, 4.69) is 26.5 Å². The molecule has 1 aromatic heterocycles. The lowest BCUT2D eigenvalue weighted by Gasteiger charge is -2.34. The van der Waals surface area contributed by atoms with E-state index in [1.165, 1.54) is 16.6 Å². The van der Waals surface area contributed by atoms with Crippen LogP contribution >= 0.6 is 0 Å². The van der Waals surface area contributed by atoms with Crippen LogP contribution in [0.15, 0.2) is 30.6 Å². The van der Waals surface area contributed by atoms with Gasteiger partial charge >= 0.3 is 0 Å². The highest BCUT2D eigenvalue weighted by Gasteiger charge is 2.21. The predicted molar refractivity (Wildman–Crippen MR) is 80.8 cm³/mol. The lowest BCUT2D eigenvalue weighted by molar-refractivity contribution is -0.133. The first-order chi connectivity index (χ1) is 11.2. The quantitative estimate of drug-likeness (QED) is 0.782. The second-order valence-corrected chi connectivity index (χ2v) is 5.47. The molecule has 0 unspecified atom stereocenters. The first-order valence-electron chi connectivity index (χ1n) is 7.44. The third-order valence-electron chi connectivity index (χ3n) is 3.90. The highest BCUT2D eigenvalue weighted by molar-refractivity contribution is 5.75. The summed E-state index contributed by atoms with van der Waals surface area (Å²) in [5.74, 6) is 0.0373. The zero-order chi connectivity index (χ0) is 16.1. The summed E-state index contributed by atoms with van der Waals surface area (Å²) in [6.45, 7) is 4.10. The van der Waals surface area contributed by atoms with Crippen molar-refractivity contribution in [2.24, 2.45) is 0 Å². The Balaban J connectivity index is 1.48. The van der Waals surface area contributed by atoms with Gasteiger partial charge in [0.05, 0.1) is 11.6 Å². The molecule has 0 spiro atoms. The topological polar surface area (TPSA) is 90.9 Å². The van der Waals surface area contributed by atoms with Gasteiger partial charge in [-0.2, -0.15) is 5.26 Å². The fraction of sp³-hybridized carbons (Fsp3) is 0.400. The van der Waals surface area contributed by atoms with Crippen molar-refractivity contribution < 1.29 is 4.79 Å². The number of benzene rings is 1. The minimum absolute atomic E-state index is 0.0373. The summed E-state index contributed by atoms with van der Waals surface area (Å²) in [6.07, 6.45) is 1.44. The summed E-state index contributed by atoms with van der Waals surface area (Å²) in [5, 5.41) is 19.6. The highest BCUT2D eigenvalue weighted by atomic mass is 16.2. The molecule has 1 aromatic carbocycles. The lowest BCUT2D eigenvalue weighted by Crippen LogP contribution is -2.49. The van der Waals surface area contributed by atoms with E-state index in [1.807, 2.05) is 29.2 Å². The van der Waals surface area contributed by atoms with E-state index in [0.717, 1.165) is 19.6 Å². The molecule has 118 valence electrons. The maximum Gasteiger partial charge on any atom is 0.244 e. The third kappa shape index (κ3) is 3.90. The van der Waals surface area contributed by atoms with Gasteiger partial charge in [-0.25, -0.2) is 4.68 Å². The zero-order valence-corrected chi connectivity index (χ0v) is 12.7. The van der Waals surface area contributed by atoms with Crippen molar-refractivity contribution in [3.63, 3.8) is 0 Å². The molecule has 0 N–H and O–H groups in total. The van der Waals surface area contributed by atoms with Gasteiger partial charge in [-0.3, -0.25) is 9.69 Å². The van der Waals surface area contributed by atoms with E-state index < -0.39 is 0 Å². The van der Waals surface area contributed by atoms with Crippen LogP contribution in [0.4, 0.5) is 0 Å². The summed E-state index contributed by atoms with van der Waals surface area (Å²) >= 11 is 0. The molecular weight excluding hydrogens is 294 g/mol. The van der Waals surface area contributed by atoms with Crippen LogP contribution in [0.25, 0.3) is 0 Å². The first kappa shape index (κ1) is 15.1. The van der Waals surface area contributed by atoms with Gasteiger partial charge in [-0.1, -0.05) is 12.1 Å². The van der Waals surface area contributed by atoms with E-state index in [-0.39, 0.29) is 12.5 Å². The van der Waals surface area contributed by atoms with E-state index in [0.29, 0.717) is 18.7 Å². The molecule has 2 aromatic rings. The molecule has 2 heterocycles. The molecule has 1 aliphatic rings. The lowest BCUT2D eigenvalue weighted by atomic mass is 10.1. The molecule has 3 rings (SSSR count). The van der Waals surface area contributed by atoms with E-state index in [4.69, 9.17) is 5.26 Å². The number of tetrazole rings is 1. The molecule has 0 radical (unpaired) electrons. The van der Waals surface area contributed by atoms with Crippen LogP contribution in [0, 0.1) is 11.3 Å². The van der Waals surface area contributed by atoms with Crippen LogP contribution in [-0.2, 0) is 17.9 Å². The van der Waals surface area contributed by atoms with Gasteiger partial charge < -0.3 is 4.90 Å². The van der Waals surface area contributed by atoms with Crippen molar-refractivity contribution in [2.45, 2.75) is 13.1 Å². The number of hydrogen-bond donors (Lipinski definition) is 0. The van der Waals surface area contributed by atoms with Crippen molar-refractivity contribution in [3.05, 3.63) is 41.7 Å². The molecule has 0 atom stereocenters. The molecule has 1 amide bonds. The number of carbonyl (C=O) groups is 1. The van der Waals surface area contributed by atoms with Crippen LogP contribution < -0.4 is 0 Å². The average molecular weight is 311 g/mol. The Morgan fingerprint density at radius 2 is 1.91 bits per heavy atom. The summed E-state index contributed by atoms with van der Waals surface area (Å²) in [4.78, 5) is 16.3. The molecule has 23 heavy (non-hydrogen) atoms. The summed E-state index contributed by atoms with van der Waals surface area (Å²) in [5.41, 5.74) is 1.85. The van der Waals surface area contributed by atoms with Crippen LogP contribution in [-0.4, -0.2) is 62.1 Å². The van der Waals surface area contributed by atoms with Gasteiger partial charge in [0, 0.05) is 32.7 Å². The van der Waals surface area contributed by atoms with Gasteiger partial charge in [-0.05, 0) is 28.1 Å². The Labute approximate surface area is 133 Å². The summed E-state index contributed by atoms with van der Waals surface area (Å²) in [6, 6.07) is 9.75. The van der Waals surface area contributed by atoms with Crippen LogP contribution in [0.5, 0.6) is 0 Å². The maximum atomic E-state index is 12.2. The number of carbonyl (C=O) groups excluding carboxylic acids is 1. The van der Waals surface area contributed by atoms with Crippen molar-refractivity contribution in [1.29, 1.82) is 5.26 Å². The van der Waals surface area contributed by atoms with E-state index in [9.17, 15) is 4.79 Å². The van der Waals surface area contributed by atoms with E-state index in [1.54, 1.807) is 0 Å². The molecule has 1 saturated heterocycles. The minimum atomic E-state index is 0.0373. The zero-order valence-electron chi connectivity index (χ0n) is 12.7. The predicted octanol–water partition coefficient (Wildman–Crippen LogP) is -0.111. The highest BCUT2D eigenvalue weighted by Crippen LogP contribution is 2.10. The van der Waals surface area contributed by atoms with Crippen molar-refractivity contribution in [1.82, 2.24) is 30.0 Å². The number of aromatic nitrogens is 4. The molecule has 1 aliphatic heterocycles. The van der Waals surface area contributed by atoms with Gasteiger partial charge in [0.2, 0.25) is 5.91 Å². The maximum absolute atomic E-state index is 12.2. The van der Waals surface area contributed by atoms with Gasteiger partial charge in [-0.15, -0.1) is 5.10 Å². The number of nitrogens with zero attached hydrogens (tertiary/aromatic N) is 7. The van der Waals surface area contributed by atoms with Gasteiger partial charge in [0.1, 0.15) is 12.9 Å². The molecule has 0 aliphatic carbocycles. The largest absolute Gasteiger partial charge is 0.339 e. The fourth-order valence-corrected chi connectivity index (χ4v) is 2.59. The van der Waals surface area contributed by atoms with Crippen LogP contribution in [0.3, 0.4) is 0 Å². The second-order valence-electron chi connectivity index (χ2n) is 5.47. The summed E-state index contributed by atoms with van der Waals surface area (Å²) < 4.78 is 1.44. The molecular formula is C15H17N7O. The molecule has 0 bridgehead atoms. The first-order valence-corrected chi connectivity index (χ1v) is 7.44. The average Bonchev–Trinajstić information content (AvgIpc) is 3.09. The Morgan fingerprint density at radius 1 is 1.17 bits per heavy atom. The molecule has 8 nitrogen and oxygen atoms in total. The SMILES string of the molecule is N#Cc1ccc(CN2CCN(C(=O)Cn3cnnn3)CC2)cc1. The normalized spacial score (nSPS) is 15.3. The van der Waals surface area contributed by atoms with Crippen LogP contribution in [0.1, 0.15) is 11.1 Å². The van der Waals surface area contributed by atoms with Gasteiger partial charge in [0.25, 0.3) is 0 Å². The number of amides is 1. The minimum Gasteiger partial charge on any atom is -0.339 e. The summed E-state index contributed by atoms with van der Waals surface area (Å²) in [7, 11) is 0. The monoisotopic (exact) mass is 311 g/mol. The Morgan fingerprint density at radius 3 is 2.52 bits per heavy atom. The smallest absolute Gasteiger partial charge is 0.244 e. The number of hydrogen-bond acceptors (Lipinski definition) is 6. The number of piperazine rings is 1. The number of rotatable bonds is 4. The van der Waals surface area contributed by atoms with Crippen molar-refractivity contribution in [3.8, 4) is 6.07 Å². The number of nitriles is 1. The molecule has 0 saturated carbocycles. The Bertz CT molecular complexity index is 682. The van der Waals surface area contributed by atoms with Crippen molar-refractivity contribution in [2.75, 3.05) is 26.2 Å². The standard InChI is InChI=1S/C15H17N7O/c16-9-13-1-3-14(4-2-13)10-20-5-7-21(8-6-20)15(23)11-22-12-17-18-19-22/h1-4,12H,5-8,10-11H2. The fourth-order valence-electron chi connectivity index (χ4n) is 2.59. The Kier molecular flexibility index (Phi) is 4.59.